The first-order chi connectivity index (χ1) is 6.42. The van der Waals surface area contributed by atoms with Crippen LogP contribution < -0.4 is 0 Å². The van der Waals surface area contributed by atoms with E-state index in [0.29, 0.717) is 6.20 Å². The fourth-order valence-corrected chi connectivity index (χ4v) is 0.873. The van der Waals surface area contributed by atoms with Crippen LogP contribution in [0, 0.1) is 5.82 Å². The second kappa shape index (κ2) is 3.65. The fourth-order valence-electron chi connectivity index (χ4n) is 0.873. The monoisotopic (exact) mass is 205 g/mol. The largest absolute Gasteiger partial charge is 0.481 e. The molecule has 0 fully saturated rings. The summed E-state index contributed by atoms with van der Waals surface area (Å²) < 4.78 is 38.3. The molecule has 0 aliphatic rings. The zero-order chi connectivity index (χ0) is 10.8. The number of pyridine rings is 1. The van der Waals surface area contributed by atoms with Crippen LogP contribution in [0.5, 0.6) is 0 Å². The number of hydrogen-bond acceptors (Lipinski definition) is 2. The van der Waals surface area contributed by atoms with Gasteiger partial charge in [-0.05, 0) is 12.1 Å². The first-order valence-corrected chi connectivity index (χ1v) is 3.63. The summed E-state index contributed by atoms with van der Waals surface area (Å²) in [6, 6.07) is 1.57. The molecule has 1 heterocycles. The van der Waals surface area contributed by atoms with Crippen molar-refractivity contribution in [3.63, 3.8) is 0 Å². The molecule has 0 radical (unpaired) electrons. The van der Waals surface area contributed by atoms with Gasteiger partial charge in [0.2, 0.25) is 0 Å². The Balaban J connectivity index is 2.91. The molecule has 0 bridgehead atoms. The molecule has 0 aromatic carbocycles. The smallest absolute Gasteiger partial charge is 0.309 e. The summed E-state index contributed by atoms with van der Waals surface area (Å²) in [7, 11) is 0. The Hall–Kier alpha value is -1.59. The maximum Gasteiger partial charge on any atom is 0.309 e. The van der Waals surface area contributed by atoms with Crippen LogP contribution in [0.1, 0.15) is 12.1 Å². The highest BCUT2D eigenvalue weighted by Crippen LogP contribution is 2.29. The molecular weight excluding hydrogens is 199 g/mol. The quantitative estimate of drug-likeness (QED) is 0.818. The first kappa shape index (κ1) is 10.5. The maximum atomic E-state index is 13.0. The van der Waals surface area contributed by atoms with Crippen LogP contribution in [-0.4, -0.2) is 16.1 Å². The van der Waals surface area contributed by atoms with Crippen LogP contribution >= 0.6 is 0 Å². The number of halogens is 3. The number of nitrogens with zero attached hydrogens (tertiary/aromatic N) is 1. The number of carbonyl (C=O) groups is 1. The zero-order valence-corrected chi connectivity index (χ0v) is 6.88. The normalized spacial score (nSPS) is 11.4. The molecule has 1 rings (SSSR count). The Morgan fingerprint density at radius 3 is 2.57 bits per heavy atom. The van der Waals surface area contributed by atoms with Crippen molar-refractivity contribution in [1.29, 1.82) is 0 Å². The van der Waals surface area contributed by atoms with E-state index >= 15 is 0 Å². The van der Waals surface area contributed by atoms with Crippen LogP contribution in [0.15, 0.2) is 18.3 Å². The number of hydrogen-bond donors (Lipinski definition) is 1. The highest BCUT2D eigenvalue weighted by atomic mass is 19.3. The number of aliphatic carboxylic acids is 1. The van der Waals surface area contributed by atoms with E-state index in [1.807, 2.05) is 0 Å². The molecular formula is C8H6F3NO2. The Bertz CT molecular complexity index is 337. The number of alkyl halides is 2. The summed E-state index contributed by atoms with van der Waals surface area (Å²) >= 11 is 0. The molecule has 3 nitrogen and oxygen atoms in total. The molecule has 0 saturated carbocycles. The second-order valence-corrected chi connectivity index (χ2v) is 2.64. The van der Waals surface area contributed by atoms with Crippen molar-refractivity contribution in [3.05, 3.63) is 29.8 Å². The van der Waals surface area contributed by atoms with Crippen molar-refractivity contribution in [1.82, 2.24) is 4.98 Å². The maximum absolute atomic E-state index is 13.0. The lowest BCUT2D eigenvalue weighted by Gasteiger charge is -2.12. The van der Waals surface area contributed by atoms with Crippen molar-refractivity contribution in [2.75, 3.05) is 0 Å². The number of carboxylic acid groups (broad SMARTS) is 1. The average Bonchev–Trinajstić information content (AvgIpc) is 2.02. The summed E-state index contributed by atoms with van der Waals surface area (Å²) in [4.78, 5) is 13.2. The SMILES string of the molecule is O=C(O)CC(F)(F)c1ccc(F)cn1. The molecule has 0 amide bonds. The minimum Gasteiger partial charge on any atom is -0.481 e. The number of aromatic nitrogens is 1. The second-order valence-electron chi connectivity index (χ2n) is 2.64. The molecule has 0 aliphatic carbocycles. The predicted molar refractivity (Wildman–Crippen MR) is 40.3 cm³/mol. The third kappa shape index (κ3) is 2.45. The molecule has 0 aliphatic heterocycles. The van der Waals surface area contributed by atoms with E-state index in [-0.39, 0.29) is 0 Å². The molecule has 0 atom stereocenters. The summed E-state index contributed by atoms with van der Waals surface area (Å²) in [5.74, 6) is -5.96. The molecule has 1 aromatic rings. The van der Waals surface area contributed by atoms with Crippen LogP contribution in [0.4, 0.5) is 13.2 Å². The lowest BCUT2D eigenvalue weighted by molar-refractivity contribution is -0.145. The van der Waals surface area contributed by atoms with Gasteiger partial charge in [0.05, 0.1) is 6.20 Å². The van der Waals surface area contributed by atoms with Crippen LogP contribution in [-0.2, 0) is 10.7 Å². The first-order valence-electron chi connectivity index (χ1n) is 3.63. The van der Waals surface area contributed by atoms with Crippen LogP contribution in [0.3, 0.4) is 0 Å². The highest BCUT2D eigenvalue weighted by molar-refractivity contribution is 5.68. The van der Waals surface area contributed by atoms with Gasteiger partial charge in [0.25, 0.3) is 5.92 Å². The molecule has 6 heteroatoms. The predicted octanol–water partition coefficient (Wildman–Crippen LogP) is 1.79. The van der Waals surface area contributed by atoms with Crippen molar-refractivity contribution in [3.8, 4) is 0 Å². The van der Waals surface area contributed by atoms with Crippen molar-refractivity contribution >= 4 is 5.97 Å². The van der Waals surface area contributed by atoms with Gasteiger partial charge in [0.1, 0.15) is 17.9 Å². The van der Waals surface area contributed by atoms with E-state index < -0.39 is 29.8 Å². The zero-order valence-electron chi connectivity index (χ0n) is 6.88. The summed E-state index contributed by atoms with van der Waals surface area (Å²) in [6.07, 6.45) is -0.739. The third-order valence-corrected chi connectivity index (χ3v) is 1.48. The average molecular weight is 205 g/mol. The van der Waals surface area contributed by atoms with Gasteiger partial charge in [0, 0.05) is 0 Å². The van der Waals surface area contributed by atoms with Gasteiger partial charge < -0.3 is 5.11 Å². The Kier molecular flexibility index (Phi) is 2.73. The van der Waals surface area contributed by atoms with E-state index in [4.69, 9.17) is 5.11 Å². The Morgan fingerprint density at radius 2 is 2.14 bits per heavy atom. The minimum absolute atomic E-state index is 0.616. The summed E-state index contributed by atoms with van der Waals surface area (Å²) in [6.45, 7) is 0. The van der Waals surface area contributed by atoms with Crippen molar-refractivity contribution in [2.45, 2.75) is 12.3 Å². The van der Waals surface area contributed by atoms with Crippen molar-refractivity contribution < 1.29 is 23.1 Å². The minimum atomic E-state index is -3.57. The third-order valence-electron chi connectivity index (χ3n) is 1.48. The topological polar surface area (TPSA) is 50.2 Å². The molecule has 0 saturated heterocycles. The molecule has 1 aromatic heterocycles. The van der Waals surface area contributed by atoms with E-state index in [9.17, 15) is 18.0 Å². The molecule has 0 spiro atoms. The van der Waals surface area contributed by atoms with Crippen molar-refractivity contribution in [2.24, 2.45) is 0 Å². The van der Waals surface area contributed by atoms with Crippen LogP contribution in [0.2, 0.25) is 0 Å². The van der Waals surface area contributed by atoms with E-state index in [0.717, 1.165) is 12.1 Å². The van der Waals surface area contributed by atoms with E-state index in [1.165, 1.54) is 0 Å². The molecule has 0 unspecified atom stereocenters. The van der Waals surface area contributed by atoms with E-state index in [2.05, 4.69) is 4.98 Å². The fraction of sp³-hybridized carbons (Fsp3) is 0.250. The van der Waals surface area contributed by atoms with E-state index in [1.54, 1.807) is 0 Å². The lowest BCUT2D eigenvalue weighted by atomic mass is 10.1. The van der Waals surface area contributed by atoms with Crippen LogP contribution in [0.25, 0.3) is 0 Å². The summed E-state index contributed by atoms with van der Waals surface area (Å²) in [5, 5.41) is 8.18. The van der Waals surface area contributed by atoms with Gasteiger partial charge >= 0.3 is 5.97 Å². The molecule has 14 heavy (non-hydrogen) atoms. The highest BCUT2D eigenvalue weighted by Gasteiger charge is 2.36. The van der Waals surface area contributed by atoms with Gasteiger partial charge in [-0.3, -0.25) is 9.78 Å². The standard InChI is InChI=1S/C8H6F3NO2/c9-5-1-2-6(12-4-5)8(10,11)3-7(13)14/h1-2,4H,3H2,(H,13,14). The number of rotatable bonds is 3. The van der Waals surface area contributed by atoms with Gasteiger partial charge in [-0.1, -0.05) is 0 Å². The lowest BCUT2D eigenvalue weighted by Crippen LogP contribution is -2.19. The van der Waals surface area contributed by atoms with Gasteiger partial charge in [-0.15, -0.1) is 0 Å². The Morgan fingerprint density at radius 1 is 1.50 bits per heavy atom. The summed E-state index contributed by atoms with van der Waals surface area (Å²) in [5.41, 5.74) is -0.749. The molecule has 1 N–H and O–H groups in total. The van der Waals surface area contributed by atoms with Gasteiger partial charge in [-0.2, -0.15) is 8.78 Å². The Labute approximate surface area is 77.2 Å². The molecule has 76 valence electrons. The number of carboxylic acids is 1. The van der Waals surface area contributed by atoms with Gasteiger partial charge in [0.15, 0.2) is 0 Å². The van der Waals surface area contributed by atoms with Gasteiger partial charge in [-0.25, -0.2) is 4.39 Å².